The minimum Gasteiger partial charge on any atom is -0.345 e. The Morgan fingerprint density at radius 3 is 2.67 bits per heavy atom. The molecule has 0 unspecified atom stereocenters. The van der Waals surface area contributed by atoms with Crippen molar-refractivity contribution >= 4 is 27.9 Å². The second-order valence-electron chi connectivity index (χ2n) is 5.04. The molecule has 0 saturated heterocycles. The fraction of sp³-hybridized carbons (Fsp3) is 0.105. The van der Waals surface area contributed by atoms with E-state index in [1.807, 2.05) is 61.5 Å². The van der Waals surface area contributed by atoms with E-state index in [-0.39, 0.29) is 11.6 Å². The lowest BCUT2D eigenvalue weighted by Crippen LogP contribution is -2.27. The Kier molecular flexibility index (Phi) is 6.47. The van der Waals surface area contributed by atoms with Gasteiger partial charge in [-0.25, -0.2) is 4.98 Å². The molecule has 0 bridgehead atoms. The highest BCUT2D eigenvalue weighted by atomic mass is 79.9. The van der Waals surface area contributed by atoms with E-state index in [0.29, 0.717) is 0 Å². The van der Waals surface area contributed by atoms with Gasteiger partial charge in [-0.1, -0.05) is 42.5 Å². The number of hydrogen-bond acceptors (Lipinski definition) is 3. The van der Waals surface area contributed by atoms with Crippen molar-refractivity contribution in [2.24, 2.45) is 0 Å². The first-order chi connectivity index (χ1) is 11.6. The van der Waals surface area contributed by atoms with Gasteiger partial charge in [0, 0.05) is 0 Å². The molecular weight excluding hydrogens is 366 g/mol. The predicted molar refractivity (Wildman–Crippen MR) is 97.7 cm³/mol. The molecule has 120 valence electrons. The van der Waals surface area contributed by atoms with Gasteiger partial charge in [0.1, 0.15) is 16.2 Å². The van der Waals surface area contributed by atoms with Gasteiger partial charge in [0.25, 0.3) is 5.91 Å². The third kappa shape index (κ3) is 5.18. The zero-order valence-corrected chi connectivity index (χ0v) is 14.7. The Hall–Kier alpha value is -2.71. The maximum absolute atomic E-state index is 12.2. The van der Waals surface area contributed by atoms with Crippen LogP contribution in [0.2, 0.25) is 0 Å². The number of halogens is 1. The highest BCUT2D eigenvalue weighted by molar-refractivity contribution is 9.10. The first kappa shape index (κ1) is 17.6. The smallest absolute Gasteiger partial charge is 0.262 e. The van der Waals surface area contributed by atoms with Crippen LogP contribution in [0.1, 0.15) is 24.2 Å². The van der Waals surface area contributed by atoms with Crippen LogP contribution in [0.5, 0.6) is 0 Å². The van der Waals surface area contributed by atoms with Crippen molar-refractivity contribution in [1.29, 1.82) is 5.26 Å². The zero-order valence-electron chi connectivity index (χ0n) is 13.1. The lowest BCUT2D eigenvalue weighted by molar-refractivity contribution is -0.117. The van der Waals surface area contributed by atoms with Crippen LogP contribution in [0, 0.1) is 11.3 Å². The molecule has 0 aliphatic rings. The standard InChI is InChI=1S/C19H16BrN3O/c1-14(15-7-3-2-4-8-15)22-19(24)16(13-21)9-5-10-17-11-6-12-18(20)23-17/h2-12,14H,1H3,(H,22,24)/b10-5+,16-9+/t14-/m1/s1. The molecule has 1 aromatic heterocycles. The summed E-state index contributed by atoms with van der Waals surface area (Å²) in [6.07, 6.45) is 4.85. The third-order valence-electron chi connectivity index (χ3n) is 3.28. The van der Waals surface area contributed by atoms with Crippen LogP contribution in [0.25, 0.3) is 6.08 Å². The van der Waals surface area contributed by atoms with Gasteiger partial charge < -0.3 is 5.32 Å². The minimum absolute atomic E-state index is 0.0454. The maximum atomic E-state index is 12.2. The minimum atomic E-state index is -0.402. The normalized spacial score (nSPS) is 12.6. The Morgan fingerprint density at radius 2 is 2.00 bits per heavy atom. The Labute approximate surface area is 149 Å². The van der Waals surface area contributed by atoms with Crippen molar-refractivity contribution in [2.75, 3.05) is 0 Å². The first-order valence-electron chi connectivity index (χ1n) is 7.37. The molecule has 1 N–H and O–H groups in total. The summed E-state index contributed by atoms with van der Waals surface area (Å²) < 4.78 is 0.726. The van der Waals surface area contributed by atoms with Crippen molar-refractivity contribution in [1.82, 2.24) is 10.3 Å². The topological polar surface area (TPSA) is 65.8 Å². The van der Waals surface area contributed by atoms with Crippen molar-refractivity contribution in [2.45, 2.75) is 13.0 Å². The Bertz CT molecular complexity index is 807. The van der Waals surface area contributed by atoms with Gasteiger partial charge in [0.2, 0.25) is 0 Å². The van der Waals surface area contributed by atoms with E-state index in [2.05, 4.69) is 26.2 Å². The molecular formula is C19H16BrN3O. The number of carbonyl (C=O) groups is 1. The SMILES string of the molecule is C[C@@H](NC(=O)/C(C#N)=C/C=C/c1cccc(Br)n1)c1ccccc1. The second kappa shape index (κ2) is 8.80. The first-order valence-corrected chi connectivity index (χ1v) is 8.16. The van der Waals surface area contributed by atoms with E-state index < -0.39 is 5.91 Å². The van der Waals surface area contributed by atoms with Crippen LogP contribution < -0.4 is 5.32 Å². The number of benzene rings is 1. The number of nitriles is 1. The van der Waals surface area contributed by atoms with Crippen LogP contribution in [-0.4, -0.2) is 10.9 Å². The fourth-order valence-electron chi connectivity index (χ4n) is 2.02. The van der Waals surface area contributed by atoms with Crippen LogP contribution >= 0.6 is 15.9 Å². The number of hydrogen-bond donors (Lipinski definition) is 1. The molecule has 24 heavy (non-hydrogen) atoms. The molecule has 5 heteroatoms. The fourth-order valence-corrected chi connectivity index (χ4v) is 2.38. The van der Waals surface area contributed by atoms with E-state index in [4.69, 9.17) is 0 Å². The summed E-state index contributed by atoms with van der Waals surface area (Å²) >= 11 is 3.29. The number of amides is 1. The molecule has 1 aromatic carbocycles. The zero-order chi connectivity index (χ0) is 17.4. The number of pyridine rings is 1. The lowest BCUT2D eigenvalue weighted by Gasteiger charge is -2.13. The van der Waals surface area contributed by atoms with Gasteiger partial charge in [-0.2, -0.15) is 5.26 Å². The van der Waals surface area contributed by atoms with E-state index in [1.54, 1.807) is 12.2 Å². The van der Waals surface area contributed by atoms with Crippen molar-refractivity contribution in [3.05, 3.63) is 82.1 Å². The predicted octanol–water partition coefficient (Wildman–Crippen LogP) is 4.18. The van der Waals surface area contributed by atoms with Gasteiger partial charge in [-0.3, -0.25) is 4.79 Å². The van der Waals surface area contributed by atoms with E-state index in [1.165, 1.54) is 6.08 Å². The monoisotopic (exact) mass is 381 g/mol. The van der Waals surface area contributed by atoms with Crippen LogP contribution in [0.15, 0.2) is 70.9 Å². The van der Waals surface area contributed by atoms with Crippen LogP contribution in [0.3, 0.4) is 0 Å². The van der Waals surface area contributed by atoms with E-state index >= 15 is 0 Å². The largest absolute Gasteiger partial charge is 0.345 e. The third-order valence-corrected chi connectivity index (χ3v) is 3.72. The number of rotatable bonds is 5. The lowest BCUT2D eigenvalue weighted by atomic mass is 10.1. The Balaban J connectivity index is 2.04. The molecule has 0 aliphatic carbocycles. The molecule has 1 heterocycles. The summed E-state index contributed by atoms with van der Waals surface area (Å²) in [6, 6.07) is 16.9. The summed E-state index contributed by atoms with van der Waals surface area (Å²) in [7, 11) is 0. The average molecular weight is 382 g/mol. The van der Waals surface area contributed by atoms with Crippen molar-refractivity contribution < 1.29 is 4.79 Å². The molecule has 4 nitrogen and oxygen atoms in total. The molecule has 0 radical (unpaired) electrons. The molecule has 2 rings (SSSR count). The van der Waals surface area contributed by atoms with Gasteiger partial charge in [-0.15, -0.1) is 0 Å². The maximum Gasteiger partial charge on any atom is 0.262 e. The van der Waals surface area contributed by atoms with E-state index in [9.17, 15) is 10.1 Å². The highest BCUT2D eigenvalue weighted by Crippen LogP contribution is 2.12. The summed E-state index contributed by atoms with van der Waals surface area (Å²) in [6.45, 7) is 1.88. The van der Waals surface area contributed by atoms with Gasteiger partial charge >= 0.3 is 0 Å². The number of nitrogens with one attached hydrogen (secondary N) is 1. The van der Waals surface area contributed by atoms with Crippen LogP contribution in [-0.2, 0) is 4.79 Å². The van der Waals surface area contributed by atoms with Crippen LogP contribution in [0.4, 0.5) is 0 Å². The summed E-state index contributed by atoms with van der Waals surface area (Å²) in [5.74, 6) is -0.402. The molecule has 1 atom stereocenters. The quantitative estimate of drug-likeness (QED) is 0.365. The summed E-state index contributed by atoms with van der Waals surface area (Å²) in [5, 5.41) is 12.0. The van der Waals surface area contributed by atoms with Crippen molar-refractivity contribution in [3.63, 3.8) is 0 Å². The number of nitrogens with zero attached hydrogens (tertiary/aromatic N) is 2. The number of aromatic nitrogens is 1. The molecule has 0 spiro atoms. The molecule has 0 fully saturated rings. The number of allylic oxidation sites excluding steroid dienone is 2. The summed E-state index contributed by atoms with van der Waals surface area (Å²) in [4.78, 5) is 16.4. The molecule has 0 aliphatic heterocycles. The molecule has 1 amide bonds. The second-order valence-corrected chi connectivity index (χ2v) is 5.85. The van der Waals surface area contributed by atoms with Gasteiger partial charge in [0.05, 0.1) is 11.7 Å². The Morgan fingerprint density at radius 1 is 1.25 bits per heavy atom. The average Bonchev–Trinajstić information content (AvgIpc) is 2.59. The van der Waals surface area contributed by atoms with Crippen molar-refractivity contribution in [3.8, 4) is 6.07 Å². The van der Waals surface area contributed by atoms with Gasteiger partial charge in [0.15, 0.2) is 0 Å². The molecule has 2 aromatic rings. The highest BCUT2D eigenvalue weighted by Gasteiger charge is 2.12. The van der Waals surface area contributed by atoms with Gasteiger partial charge in [-0.05, 0) is 52.7 Å². The van der Waals surface area contributed by atoms with E-state index in [0.717, 1.165) is 15.9 Å². The number of carbonyl (C=O) groups excluding carboxylic acids is 1. The summed E-state index contributed by atoms with van der Waals surface area (Å²) in [5.41, 5.74) is 1.76. The molecule has 0 saturated carbocycles.